The largest absolute Gasteiger partial charge is 0.494 e. The third-order valence-corrected chi connectivity index (χ3v) is 4.07. The SMILES string of the molecule is COc1ccc(C(C)NCC2(C)CCC2)cc1F. The Morgan fingerprint density at radius 3 is 2.67 bits per heavy atom. The van der Waals surface area contributed by atoms with Gasteiger partial charge in [-0.05, 0) is 42.9 Å². The van der Waals surface area contributed by atoms with Crippen LogP contribution in [0.25, 0.3) is 0 Å². The summed E-state index contributed by atoms with van der Waals surface area (Å²) < 4.78 is 18.5. The van der Waals surface area contributed by atoms with E-state index in [4.69, 9.17) is 4.74 Å². The summed E-state index contributed by atoms with van der Waals surface area (Å²) >= 11 is 0. The van der Waals surface area contributed by atoms with Crippen molar-refractivity contribution >= 4 is 0 Å². The molecular weight excluding hydrogens is 229 g/mol. The molecule has 3 heteroatoms. The molecule has 2 rings (SSSR count). The van der Waals surface area contributed by atoms with Crippen molar-refractivity contribution in [2.75, 3.05) is 13.7 Å². The van der Waals surface area contributed by atoms with Gasteiger partial charge in [-0.1, -0.05) is 19.4 Å². The van der Waals surface area contributed by atoms with Gasteiger partial charge in [0.25, 0.3) is 0 Å². The highest BCUT2D eigenvalue weighted by atomic mass is 19.1. The van der Waals surface area contributed by atoms with Crippen LogP contribution < -0.4 is 10.1 Å². The van der Waals surface area contributed by atoms with Crippen LogP contribution in [0.4, 0.5) is 4.39 Å². The smallest absolute Gasteiger partial charge is 0.165 e. The summed E-state index contributed by atoms with van der Waals surface area (Å²) in [7, 11) is 1.48. The van der Waals surface area contributed by atoms with Crippen molar-refractivity contribution in [3.05, 3.63) is 29.6 Å². The lowest BCUT2D eigenvalue weighted by molar-refractivity contribution is 0.152. The predicted octanol–water partition coefficient (Wildman–Crippen LogP) is 3.68. The van der Waals surface area contributed by atoms with Crippen LogP contribution in [0.5, 0.6) is 5.75 Å². The predicted molar refractivity (Wildman–Crippen MR) is 71.3 cm³/mol. The normalized spacial score (nSPS) is 19.1. The zero-order valence-electron chi connectivity index (χ0n) is 11.4. The van der Waals surface area contributed by atoms with E-state index in [1.165, 1.54) is 26.4 Å². The zero-order valence-corrected chi connectivity index (χ0v) is 11.4. The second kappa shape index (κ2) is 5.27. The Balaban J connectivity index is 1.95. The molecule has 18 heavy (non-hydrogen) atoms. The molecule has 0 amide bonds. The Labute approximate surface area is 109 Å². The molecule has 0 bridgehead atoms. The second-order valence-corrected chi connectivity index (χ2v) is 5.66. The lowest BCUT2D eigenvalue weighted by Crippen LogP contribution is -2.38. The van der Waals surface area contributed by atoms with Crippen LogP contribution in [0.1, 0.15) is 44.7 Å². The molecule has 0 spiro atoms. The molecule has 0 aliphatic heterocycles. The average Bonchev–Trinajstić information content (AvgIpc) is 2.33. The summed E-state index contributed by atoms with van der Waals surface area (Å²) in [6.07, 6.45) is 3.93. The number of benzene rings is 1. The number of nitrogens with one attached hydrogen (secondary N) is 1. The minimum absolute atomic E-state index is 0.169. The van der Waals surface area contributed by atoms with Crippen molar-refractivity contribution < 1.29 is 9.13 Å². The third-order valence-electron chi connectivity index (χ3n) is 4.07. The first-order valence-electron chi connectivity index (χ1n) is 6.61. The highest BCUT2D eigenvalue weighted by Crippen LogP contribution is 2.39. The molecule has 1 aromatic carbocycles. The highest BCUT2D eigenvalue weighted by molar-refractivity contribution is 5.30. The van der Waals surface area contributed by atoms with Crippen molar-refractivity contribution in [2.24, 2.45) is 5.41 Å². The van der Waals surface area contributed by atoms with E-state index in [-0.39, 0.29) is 11.9 Å². The van der Waals surface area contributed by atoms with Gasteiger partial charge in [-0.25, -0.2) is 4.39 Å². The molecule has 1 fully saturated rings. The molecule has 0 saturated heterocycles. The van der Waals surface area contributed by atoms with E-state index in [2.05, 4.69) is 19.2 Å². The minimum atomic E-state index is -0.293. The fraction of sp³-hybridized carbons (Fsp3) is 0.600. The number of rotatable bonds is 5. The molecule has 0 aromatic heterocycles. The molecule has 100 valence electrons. The first-order valence-corrected chi connectivity index (χ1v) is 6.61. The van der Waals surface area contributed by atoms with E-state index in [1.807, 2.05) is 6.07 Å². The topological polar surface area (TPSA) is 21.3 Å². The van der Waals surface area contributed by atoms with Crippen LogP contribution in [-0.2, 0) is 0 Å². The Bertz CT molecular complexity index is 415. The van der Waals surface area contributed by atoms with Crippen LogP contribution in [0, 0.1) is 11.2 Å². The lowest BCUT2D eigenvalue weighted by Gasteiger charge is -2.39. The monoisotopic (exact) mass is 251 g/mol. The maximum Gasteiger partial charge on any atom is 0.165 e. The molecule has 1 aliphatic rings. The molecule has 0 radical (unpaired) electrons. The Kier molecular flexibility index (Phi) is 3.91. The van der Waals surface area contributed by atoms with Gasteiger partial charge in [0.1, 0.15) is 0 Å². The average molecular weight is 251 g/mol. The number of methoxy groups -OCH3 is 1. The van der Waals surface area contributed by atoms with E-state index >= 15 is 0 Å². The molecule has 1 N–H and O–H groups in total. The molecule has 1 saturated carbocycles. The summed E-state index contributed by atoms with van der Waals surface area (Å²) in [5, 5.41) is 3.50. The van der Waals surface area contributed by atoms with Crippen LogP contribution >= 0.6 is 0 Å². The van der Waals surface area contributed by atoms with Gasteiger partial charge >= 0.3 is 0 Å². The summed E-state index contributed by atoms with van der Waals surface area (Å²) in [4.78, 5) is 0. The van der Waals surface area contributed by atoms with Crippen LogP contribution in [-0.4, -0.2) is 13.7 Å². The van der Waals surface area contributed by atoms with Crippen molar-refractivity contribution in [2.45, 2.75) is 39.2 Å². The summed E-state index contributed by atoms with van der Waals surface area (Å²) in [6.45, 7) is 5.38. The second-order valence-electron chi connectivity index (χ2n) is 5.66. The van der Waals surface area contributed by atoms with Crippen molar-refractivity contribution in [1.82, 2.24) is 5.32 Å². The van der Waals surface area contributed by atoms with E-state index in [0.717, 1.165) is 12.1 Å². The number of hydrogen-bond acceptors (Lipinski definition) is 2. The van der Waals surface area contributed by atoms with Crippen molar-refractivity contribution in [3.8, 4) is 5.75 Å². The van der Waals surface area contributed by atoms with Gasteiger partial charge in [0, 0.05) is 12.6 Å². The maximum absolute atomic E-state index is 13.6. The molecule has 1 atom stereocenters. The summed E-state index contributed by atoms with van der Waals surface area (Å²) in [5.41, 5.74) is 1.41. The molecule has 1 aromatic rings. The van der Waals surface area contributed by atoms with Crippen LogP contribution in [0.15, 0.2) is 18.2 Å². The Hall–Kier alpha value is -1.09. The third kappa shape index (κ3) is 2.83. The first kappa shape index (κ1) is 13.3. The minimum Gasteiger partial charge on any atom is -0.494 e. The standard InChI is InChI=1S/C15H22FNO/c1-11(17-10-15(2)7-4-8-15)12-5-6-14(18-3)13(16)9-12/h5-6,9,11,17H,4,7-8,10H2,1-3H3. The van der Waals surface area contributed by atoms with Gasteiger partial charge in [0.05, 0.1) is 7.11 Å². The molecular formula is C15H22FNO. The van der Waals surface area contributed by atoms with Crippen molar-refractivity contribution in [1.29, 1.82) is 0 Å². The molecule has 1 aliphatic carbocycles. The zero-order chi connectivity index (χ0) is 13.2. The summed E-state index contributed by atoms with van der Waals surface area (Å²) in [5.74, 6) is 0.00964. The van der Waals surface area contributed by atoms with E-state index in [0.29, 0.717) is 11.2 Å². The highest BCUT2D eigenvalue weighted by Gasteiger charge is 2.31. The number of hydrogen-bond donors (Lipinski definition) is 1. The lowest BCUT2D eigenvalue weighted by atomic mass is 9.70. The molecule has 0 heterocycles. The van der Waals surface area contributed by atoms with Crippen molar-refractivity contribution in [3.63, 3.8) is 0 Å². The van der Waals surface area contributed by atoms with Gasteiger partial charge in [-0.15, -0.1) is 0 Å². The fourth-order valence-corrected chi connectivity index (χ4v) is 2.43. The van der Waals surface area contributed by atoms with Gasteiger partial charge in [0.15, 0.2) is 11.6 Å². The van der Waals surface area contributed by atoms with E-state index in [9.17, 15) is 4.39 Å². The maximum atomic E-state index is 13.6. The Morgan fingerprint density at radius 1 is 1.44 bits per heavy atom. The quantitative estimate of drug-likeness (QED) is 0.862. The molecule has 1 unspecified atom stereocenters. The van der Waals surface area contributed by atoms with E-state index < -0.39 is 0 Å². The van der Waals surface area contributed by atoms with Gasteiger partial charge < -0.3 is 10.1 Å². The summed E-state index contributed by atoms with van der Waals surface area (Å²) in [6, 6.07) is 5.33. The van der Waals surface area contributed by atoms with Crippen LogP contribution in [0.2, 0.25) is 0 Å². The van der Waals surface area contributed by atoms with Gasteiger partial charge in [0.2, 0.25) is 0 Å². The first-order chi connectivity index (χ1) is 8.54. The van der Waals surface area contributed by atoms with Crippen LogP contribution in [0.3, 0.4) is 0 Å². The Morgan fingerprint density at radius 2 is 2.17 bits per heavy atom. The van der Waals surface area contributed by atoms with Gasteiger partial charge in [-0.2, -0.15) is 0 Å². The van der Waals surface area contributed by atoms with Gasteiger partial charge in [-0.3, -0.25) is 0 Å². The molecule has 2 nitrogen and oxygen atoms in total. The fourth-order valence-electron chi connectivity index (χ4n) is 2.43. The van der Waals surface area contributed by atoms with E-state index in [1.54, 1.807) is 12.1 Å². The number of ether oxygens (including phenoxy) is 1. The number of halogens is 1.